The van der Waals surface area contributed by atoms with E-state index in [1.165, 1.54) is 5.69 Å². The van der Waals surface area contributed by atoms with Crippen LogP contribution in [0.15, 0.2) is 53.7 Å². The van der Waals surface area contributed by atoms with Crippen molar-refractivity contribution in [1.29, 1.82) is 0 Å². The highest BCUT2D eigenvalue weighted by atomic mass is 32.2. The van der Waals surface area contributed by atoms with Crippen LogP contribution in [0.4, 0.5) is 11.4 Å². The summed E-state index contributed by atoms with van der Waals surface area (Å²) in [5.74, 6) is 1.50. The molecule has 0 amide bonds. The number of thioether (sulfide) groups is 1. The topological polar surface area (TPSA) is 63.2 Å². The zero-order valence-electron chi connectivity index (χ0n) is 19.8. The van der Waals surface area contributed by atoms with Crippen LogP contribution in [0.1, 0.15) is 58.2 Å². The molecule has 7 heteroatoms. The lowest BCUT2D eigenvalue weighted by atomic mass is 10.1. The van der Waals surface area contributed by atoms with Gasteiger partial charge in [-0.1, -0.05) is 69.3 Å². The van der Waals surface area contributed by atoms with Gasteiger partial charge in [-0.25, -0.2) is 0 Å². The van der Waals surface area contributed by atoms with Crippen LogP contribution >= 0.6 is 11.8 Å². The Morgan fingerprint density at radius 3 is 2.42 bits per heavy atom. The van der Waals surface area contributed by atoms with Gasteiger partial charge in [-0.15, -0.1) is 10.2 Å². The summed E-state index contributed by atoms with van der Waals surface area (Å²) in [4.78, 5) is 7.17. The molecule has 0 fully saturated rings. The zero-order chi connectivity index (χ0) is 23.0. The van der Waals surface area contributed by atoms with Crippen molar-refractivity contribution in [3.63, 3.8) is 0 Å². The fourth-order valence-corrected chi connectivity index (χ4v) is 4.80. The molecule has 0 aliphatic carbocycles. The van der Waals surface area contributed by atoms with Crippen LogP contribution in [0.5, 0.6) is 5.88 Å². The predicted molar refractivity (Wildman–Crippen MR) is 137 cm³/mol. The van der Waals surface area contributed by atoms with E-state index in [1.807, 2.05) is 24.3 Å². The van der Waals surface area contributed by atoms with E-state index in [2.05, 4.69) is 65.5 Å². The molecule has 0 bridgehead atoms. The Morgan fingerprint density at radius 1 is 0.939 bits per heavy atom. The fourth-order valence-electron chi connectivity index (χ4n) is 3.94. The Hall–Kier alpha value is -2.80. The van der Waals surface area contributed by atoms with Gasteiger partial charge in [0.25, 0.3) is 0 Å². The number of rotatable bonds is 10. The molecule has 1 aliphatic rings. The third kappa shape index (κ3) is 5.58. The molecule has 2 aromatic carbocycles. The molecule has 174 valence electrons. The van der Waals surface area contributed by atoms with Crippen LogP contribution in [0.3, 0.4) is 0 Å². The van der Waals surface area contributed by atoms with Crippen molar-refractivity contribution < 1.29 is 4.74 Å². The Bertz CT molecular complexity index is 1040. The van der Waals surface area contributed by atoms with Crippen molar-refractivity contribution >= 4 is 23.1 Å². The van der Waals surface area contributed by atoms with E-state index >= 15 is 0 Å². The zero-order valence-corrected chi connectivity index (χ0v) is 20.6. The Labute approximate surface area is 201 Å². The van der Waals surface area contributed by atoms with Crippen LogP contribution in [0.25, 0.3) is 11.3 Å². The van der Waals surface area contributed by atoms with E-state index in [1.54, 1.807) is 11.8 Å². The number of benzene rings is 2. The van der Waals surface area contributed by atoms with Gasteiger partial charge >= 0.3 is 0 Å². The Balaban J connectivity index is 1.64. The second kappa shape index (κ2) is 11.4. The molecule has 0 spiro atoms. The lowest BCUT2D eigenvalue weighted by Gasteiger charge is -2.25. The molecule has 2 heterocycles. The lowest BCUT2D eigenvalue weighted by Crippen LogP contribution is -2.25. The second-order valence-corrected chi connectivity index (χ2v) is 9.28. The first-order valence-corrected chi connectivity index (χ1v) is 13.0. The molecular formula is C26H33N5OS. The number of fused-ring (bicyclic) bond motifs is 3. The molecule has 1 atom stereocenters. The lowest BCUT2D eigenvalue weighted by molar-refractivity contribution is 0.225. The molecule has 33 heavy (non-hydrogen) atoms. The van der Waals surface area contributed by atoms with Gasteiger partial charge in [0.15, 0.2) is 11.9 Å². The molecule has 1 aliphatic heterocycles. The maximum atomic E-state index is 6.42. The average Bonchev–Trinajstić information content (AvgIpc) is 3.01. The molecule has 0 radical (unpaired) electrons. The van der Waals surface area contributed by atoms with Gasteiger partial charge in [-0.2, -0.15) is 4.98 Å². The maximum absolute atomic E-state index is 6.42. The summed E-state index contributed by atoms with van der Waals surface area (Å²) in [6, 6.07) is 16.8. The first-order valence-electron chi connectivity index (χ1n) is 12.0. The molecule has 6 nitrogen and oxygen atoms in total. The SMILES string of the molecule is CCCCSc1nnc2c(n1)OC(c1ccc(N(CCC)CCC)cc1)Nc1ccccc1-2. The third-order valence-electron chi connectivity index (χ3n) is 5.61. The van der Waals surface area contributed by atoms with Gasteiger partial charge in [-0.05, 0) is 37.5 Å². The summed E-state index contributed by atoms with van der Waals surface area (Å²) in [6.45, 7) is 8.75. The van der Waals surface area contributed by atoms with E-state index in [-0.39, 0.29) is 6.23 Å². The number of hydrogen-bond acceptors (Lipinski definition) is 7. The number of anilines is 2. The van der Waals surface area contributed by atoms with Gasteiger partial charge in [-0.3, -0.25) is 0 Å². The summed E-state index contributed by atoms with van der Waals surface area (Å²) in [5, 5.41) is 13.1. The number of unbranched alkanes of at least 4 members (excludes halogenated alkanes) is 1. The average molecular weight is 464 g/mol. The molecule has 4 rings (SSSR count). The normalized spacial score (nSPS) is 14.5. The van der Waals surface area contributed by atoms with E-state index in [0.29, 0.717) is 16.7 Å². The summed E-state index contributed by atoms with van der Waals surface area (Å²) >= 11 is 1.63. The number of nitrogens with zero attached hydrogens (tertiary/aromatic N) is 4. The number of aromatic nitrogens is 3. The maximum Gasteiger partial charge on any atom is 0.247 e. The summed E-state index contributed by atoms with van der Waals surface area (Å²) in [7, 11) is 0. The minimum Gasteiger partial charge on any atom is -0.448 e. The van der Waals surface area contributed by atoms with Crippen molar-refractivity contribution in [1.82, 2.24) is 15.2 Å². The largest absolute Gasteiger partial charge is 0.448 e. The van der Waals surface area contributed by atoms with Gasteiger partial charge < -0.3 is 15.0 Å². The first kappa shape index (κ1) is 23.4. The predicted octanol–water partition coefficient (Wildman–Crippen LogP) is 6.56. The molecule has 3 aromatic rings. The minimum absolute atomic E-state index is 0.363. The second-order valence-electron chi connectivity index (χ2n) is 8.22. The number of nitrogens with one attached hydrogen (secondary N) is 1. The fraction of sp³-hybridized carbons (Fsp3) is 0.423. The summed E-state index contributed by atoms with van der Waals surface area (Å²) in [5.41, 5.74) is 4.89. The van der Waals surface area contributed by atoms with Crippen molar-refractivity contribution in [2.75, 3.05) is 29.1 Å². The van der Waals surface area contributed by atoms with Crippen molar-refractivity contribution in [3.8, 4) is 17.1 Å². The van der Waals surface area contributed by atoms with Crippen molar-refractivity contribution in [2.24, 2.45) is 0 Å². The third-order valence-corrected chi connectivity index (χ3v) is 6.53. The summed E-state index contributed by atoms with van der Waals surface area (Å²) in [6.07, 6.45) is 4.17. The Kier molecular flexibility index (Phi) is 8.05. The first-order chi connectivity index (χ1) is 16.2. The van der Waals surface area contributed by atoms with Crippen LogP contribution in [-0.4, -0.2) is 34.0 Å². The molecule has 1 unspecified atom stereocenters. The standard InChI is InChI=1S/C26H33N5OS/c1-4-7-18-33-26-28-25-23(29-30-26)21-10-8-9-11-22(21)27-24(32-25)19-12-14-20(15-13-19)31(16-5-2)17-6-3/h8-15,24,27H,4-7,16-18H2,1-3H3. The quantitative estimate of drug-likeness (QED) is 0.270. The van der Waals surface area contributed by atoms with Crippen LogP contribution < -0.4 is 15.0 Å². The van der Waals surface area contributed by atoms with E-state index in [9.17, 15) is 0 Å². The molecule has 1 aromatic heterocycles. The number of para-hydroxylation sites is 1. The highest BCUT2D eigenvalue weighted by Gasteiger charge is 2.26. The molecule has 0 saturated heterocycles. The number of ether oxygens (including phenoxy) is 1. The van der Waals surface area contributed by atoms with Gasteiger partial charge in [0.2, 0.25) is 11.0 Å². The van der Waals surface area contributed by atoms with E-state index in [4.69, 9.17) is 9.72 Å². The van der Waals surface area contributed by atoms with Crippen LogP contribution in [0, 0.1) is 0 Å². The van der Waals surface area contributed by atoms with Crippen LogP contribution in [0.2, 0.25) is 0 Å². The van der Waals surface area contributed by atoms with Crippen LogP contribution in [-0.2, 0) is 0 Å². The molecular weight excluding hydrogens is 430 g/mol. The minimum atomic E-state index is -0.363. The highest BCUT2D eigenvalue weighted by Crippen LogP contribution is 2.39. The highest BCUT2D eigenvalue weighted by molar-refractivity contribution is 7.99. The number of hydrogen-bond donors (Lipinski definition) is 1. The smallest absolute Gasteiger partial charge is 0.247 e. The van der Waals surface area contributed by atoms with Gasteiger partial charge in [0.1, 0.15) is 0 Å². The van der Waals surface area contributed by atoms with Gasteiger partial charge in [0, 0.05) is 41.3 Å². The monoisotopic (exact) mass is 463 g/mol. The van der Waals surface area contributed by atoms with Crippen molar-refractivity contribution in [2.45, 2.75) is 57.8 Å². The summed E-state index contributed by atoms with van der Waals surface area (Å²) < 4.78 is 6.42. The molecule has 0 saturated carbocycles. The van der Waals surface area contributed by atoms with E-state index < -0.39 is 0 Å². The van der Waals surface area contributed by atoms with Gasteiger partial charge in [0.05, 0.1) is 0 Å². The Morgan fingerprint density at radius 2 is 1.70 bits per heavy atom. The molecule has 1 N–H and O–H groups in total. The van der Waals surface area contributed by atoms with E-state index in [0.717, 1.165) is 61.3 Å². The van der Waals surface area contributed by atoms with Crippen molar-refractivity contribution in [3.05, 3.63) is 54.1 Å².